The number of benzene rings is 2. The monoisotopic (exact) mass is 537 g/mol. The van der Waals surface area contributed by atoms with E-state index in [1.165, 1.54) is 3.97 Å². The van der Waals surface area contributed by atoms with Gasteiger partial charge in [0.15, 0.2) is 0 Å². The van der Waals surface area contributed by atoms with E-state index in [1.54, 1.807) is 53.4 Å². The number of aromatic nitrogens is 1. The SMILES string of the molecule is CC1CCN(C(=O)c2ccc3c(c2)c2c(n3S(=O)(=O)c3ccccc3)CCN(C(=O)OC(C)(C)C)C2)CC1. The molecule has 2 aromatic carbocycles. The van der Waals surface area contributed by atoms with Crippen LogP contribution in [0, 0.1) is 5.92 Å². The van der Waals surface area contributed by atoms with Crippen molar-refractivity contribution in [2.24, 2.45) is 5.92 Å². The van der Waals surface area contributed by atoms with Crippen LogP contribution in [0.15, 0.2) is 53.4 Å². The Hall–Kier alpha value is -3.33. The molecule has 0 saturated carbocycles. The minimum absolute atomic E-state index is 0.0500. The number of carbonyl (C=O) groups excluding carboxylic acids is 2. The summed E-state index contributed by atoms with van der Waals surface area (Å²) in [4.78, 5) is 30.0. The van der Waals surface area contributed by atoms with Gasteiger partial charge in [0.2, 0.25) is 0 Å². The van der Waals surface area contributed by atoms with Crippen molar-refractivity contribution in [3.05, 3.63) is 65.4 Å². The number of piperidine rings is 1. The topological polar surface area (TPSA) is 88.9 Å². The quantitative estimate of drug-likeness (QED) is 0.467. The molecule has 38 heavy (non-hydrogen) atoms. The molecule has 8 nitrogen and oxygen atoms in total. The molecular weight excluding hydrogens is 502 g/mol. The van der Waals surface area contributed by atoms with Crippen molar-refractivity contribution in [3.63, 3.8) is 0 Å². The molecule has 0 aliphatic carbocycles. The lowest BCUT2D eigenvalue weighted by Gasteiger charge is -2.31. The zero-order chi connectivity index (χ0) is 27.2. The van der Waals surface area contributed by atoms with Crippen LogP contribution >= 0.6 is 0 Å². The minimum Gasteiger partial charge on any atom is -0.444 e. The Balaban J connectivity index is 1.61. The summed E-state index contributed by atoms with van der Waals surface area (Å²) in [6.07, 6.45) is 1.85. The third-order valence-electron chi connectivity index (χ3n) is 7.35. The molecule has 3 aromatic rings. The van der Waals surface area contributed by atoms with Gasteiger partial charge in [-0.15, -0.1) is 0 Å². The van der Waals surface area contributed by atoms with E-state index in [0.29, 0.717) is 54.1 Å². The maximum absolute atomic E-state index is 13.9. The van der Waals surface area contributed by atoms with Crippen molar-refractivity contribution < 1.29 is 22.7 Å². The minimum atomic E-state index is -3.90. The van der Waals surface area contributed by atoms with Crippen LogP contribution in [0.3, 0.4) is 0 Å². The summed E-state index contributed by atoms with van der Waals surface area (Å²) in [6.45, 7) is 9.62. The molecule has 202 valence electrons. The first-order chi connectivity index (χ1) is 18.0. The number of fused-ring (bicyclic) bond motifs is 3. The van der Waals surface area contributed by atoms with Crippen LogP contribution in [0.5, 0.6) is 0 Å². The van der Waals surface area contributed by atoms with Crippen molar-refractivity contribution in [1.29, 1.82) is 0 Å². The fraction of sp³-hybridized carbons (Fsp3) is 0.448. The van der Waals surface area contributed by atoms with Crippen molar-refractivity contribution in [1.82, 2.24) is 13.8 Å². The van der Waals surface area contributed by atoms with Gasteiger partial charge < -0.3 is 14.5 Å². The number of ether oxygens (including phenoxy) is 1. The lowest BCUT2D eigenvalue weighted by Crippen LogP contribution is -2.40. The van der Waals surface area contributed by atoms with E-state index in [9.17, 15) is 18.0 Å². The van der Waals surface area contributed by atoms with E-state index in [4.69, 9.17) is 4.74 Å². The standard InChI is InChI=1S/C29H35N3O5S/c1-20-12-15-30(16-13-20)27(33)21-10-11-25-23(18-21)24-19-31(28(34)37-29(2,3)4)17-14-26(24)32(25)38(35,36)22-8-6-5-7-9-22/h5-11,18,20H,12-17,19H2,1-4H3. The highest BCUT2D eigenvalue weighted by Crippen LogP contribution is 2.35. The zero-order valence-corrected chi connectivity index (χ0v) is 23.3. The largest absolute Gasteiger partial charge is 0.444 e. The number of nitrogens with zero attached hydrogens (tertiary/aromatic N) is 3. The van der Waals surface area contributed by atoms with E-state index < -0.39 is 21.7 Å². The second kappa shape index (κ2) is 9.76. The Kier molecular flexibility index (Phi) is 6.75. The molecular formula is C29H35N3O5S. The first-order valence-electron chi connectivity index (χ1n) is 13.2. The number of amides is 2. The molecule has 2 aliphatic heterocycles. The van der Waals surface area contributed by atoms with E-state index in [0.717, 1.165) is 18.4 Å². The lowest BCUT2D eigenvalue weighted by atomic mass is 9.98. The van der Waals surface area contributed by atoms with Gasteiger partial charge in [-0.2, -0.15) is 0 Å². The Morgan fingerprint density at radius 1 is 0.947 bits per heavy atom. The molecule has 0 radical (unpaired) electrons. The average molecular weight is 538 g/mol. The molecule has 5 rings (SSSR count). The van der Waals surface area contributed by atoms with Crippen LogP contribution in [0.4, 0.5) is 4.79 Å². The number of hydrogen-bond donors (Lipinski definition) is 0. The molecule has 0 bridgehead atoms. The molecule has 2 amide bonds. The highest BCUT2D eigenvalue weighted by Gasteiger charge is 2.34. The normalized spacial score (nSPS) is 16.9. The summed E-state index contributed by atoms with van der Waals surface area (Å²) < 4.78 is 34.7. The van der Waals surface area contributed by atoms with Gasteiger partial charge in [0.1, 0.15) is 5.60 Å². The molecule has 0 N–H and O–H groups in total. The van der Waals surface area contributed by atoms with Crippen LogP contribution < -0.4 is 0 Å². The maximum atomic E-state index is 13.9. The highest BCUT2D eigenvalue weighted by atomic mass is 32.2. The second-order valence-corrected chi connectivity index (χ2v) is 13.2. The number of hydrogen-bond acceptors (Lipinski definition) is 5. The van der Waals surface area contributed by atoms with E-state index in [-0.39, 0.29) is 17.3 Å². The summed E-state index contributed by atoms with van der Waals surface area (Å²) in [5, 5.41) is 0.670. The van der Waals surface area contributed by atoms with Gasteiger partial charge in [-0.3, -0.25) is 4.79 Å². The van der Waals surface area contributed by atoms with Crippen LogP contribution in [-0.2, 0) is 27.7 Å². The molecule has 0 unspecified atom stereocenters. The van der Waals surface area contributed by atoms with Crippen molar-refractivity contribution in [2.75, 3.05) is 19.6 Å². The van der Waals surface area contributed by atoms with Gasteiger partial charge in [0.25, 0.3) is 15.9 Å². The third kappa shape index (κ3) is 4.91. The summed E-state index contributed by atoms with van der Waals surface area (Å²) in [6, 6.07) is 13.6. The maximum Gasteiger partial charge on any atom is 0.410 e. The van der Waals surface area contributed by atoms with Crippen LogP contribution in [-0.4, -0.2) is 59.4 Å². The summed E-state index contributed by atoms with van der Waals surface area (Å²) in [7, 11) is -3.90. The van der Waals surface area contributed by atoms with Gasteiger partial charge in [-0.1, -0.05) is 25.1 Å². The third-order valence-corrected chi connectivity index (χ3v) is 9.12. The Labute approximate surface area is 224 Å². The van der Waals surface area contributed by atoms with Crippen LogP contribution in [0.25, 0.3) is 10.9 Å². The Morgan fingerprint density at radius 2 is 1.63 bits per heavy atom. The molecule has 1 aromatic heterocycles. The summed E-state index contributed by atoms with van der Waals surface area (Å²) >= 11 is 0. The smallest absolute Gasteiger partial charge is 0.410 e. The molecule has 1 fully saturated rings. The van der Waals surface area contributed by atoms with Crippen molar-refractivity contribution >= 4 is 32.9 Å². The molecule has 9 heteroatoms. The van der Waals surface area contributed by atoms with Crippen molar-refractivity contribution in [3.8, 4) is 0 Å². The van der Waals surface area contributed by atoms with Gasteiger partial charge in [0, 0.05) is 48.3 Å². The molecule has 0 spiro atoms. The van der Waals surface area contributed by atoms with Gasteiger partial charge >= 0.3 is 6.09 Å². The lowest BCUT2D eigenvalue weighted by molar-refractivity contribution is 0.0224. The molecule has 3 heterocycles. The molecule has 2 aliphatic rings. The van der Waals surface area contributed by atoms with Crippen molar-refractivity contribution in [2.45, 2.75) is 64.0 Å². The Bertz CT molecular complexity index is 1480. The predicted octanol–water partition coefficient (Wildman–Crippen LogP) is 5.04. The molecule has 0 atom stereocenters. The first-order valence-corrected chi connectivity index (χ1v) is 14.6. The number of likely N-dealkylation sites (tertiary alicyclic amines) is 1. The predicted molar refractivity (Wildman–Crippen MR) is 146 cm³/mol. The molecule has 1 saturated heterocycles. The van der Waals surface area contributed by atoms with E-state index in [2.05, 4.69) is 6.92 Å². The highest BCUT2D eigenvalue weighted by molar-refractivity contribution is 7.90. The fourth-order valence-electron chi connectivity index (χ4n) is 5.30. The summed E-state index contributed by atoms with van der Waals surface area (Å²) in [5.74, 6) is 0.552. The zero-order valence-electron chi connectivity index (χ0n) is 22.4. The fourth-order valence-corrected chi connectivity index (χ4v) is 6.92. The first kappa shape index (κ1) is 26.3. The van der Waals surface area contributed by atoms with E-state index in [1.807, 2.05) is 25.7 Å². The van der Waals surface area contributed by atoms with Crippen LogP contribution in [0.1, 0.15) is 62.2 Å². The van der Waals surface area contributed by atoms with Gasteiger partial charge in [-0.05, 0) is 69.9 Å². The summed E-state index contributed by atoms with van der Waals surface area (Å²) in [5.41, 5.74) is 1.76. The average Bonchev–Trinajstić information content (AvgIpc) is 3.22. The van der Waals surface area contributed by atoms with E-state index >= 15 is 0 Å². The number of rotatable bonds is 3. The Morgan fingerprint density at radius 3 is 2.29 bits per heavy atom. The number of carbonyl (C=O) groups is 2. The van der Waals surface area contributed by atoms with Gasteiger partial charge in [0.05, 0.1) is 17.0 Å². The second-order valence-electron chi connectivity index (χ2n) is 11.4. The van der Waals surface area contributed by atoms with Gasteiger partial charge in [-0.25, -0.2) is 17.2 Å². The van der Waals surface area contributed by atoms with Crippen LogP contribution in [0.2, 0.25) is 0 Å².